The first-order valence-electron chi connectivity index (χ1n) is 3.94. The summed E-state index contributed by atoms with van der Waals surface area (Å²) in [5, 5.41) is 36.4. The van der Waals surface area contributed by atoms with Crippen LogP contribution in [-0.2, 0) is 14.3 Å². The molecular formula is C7H12O7. The van der Waals surface area contributed by atoms with Crippen LogP contribution in [0.4, 0.5) is 0 Å². The number of aliphatic hydroxyl groups is 3. The molecule has 0 aliphatic carbocycles. The molecule has 0 amide bonds. The third-order valence-corrected chi connectivity index (χ3v) is 2.09. The summed E-state index contributed by atoms with van der Waals surface area (Å²) >= 11 is 0. The lowest BCUT2D eigenvalue weighted by molar-refractivity contribution is -0.320. The quantitative estimate of drug-likeness (QED) is 0.404. The van der Waals surface area contributed by atoms with Crippen molar-refractivity contribution >= 4 is 5.97 Å². The second kappa shape index (κ2) is 4.20. The van der Waals surface area contributed by atoms with Gasteiger partial charge in [0.1, 0.15) is 18.1 Å². The van der Waals surface area contributed by atoms with Crippen LogP contribution in [0, 0.1) is 5.92 Å². The smallest absolute Gasteiger partial charge is 0.314 e. The van der Waals surface area contributed by atoms with Gasteiger partial charge < -0.3 is 29.9 Å². The van der Waals surface area contributed by atoms with E-state index in [1.54, 1.807) is 0 Å². The largest absolute Gasteiger partial charge is 0.481 e. The fourth-order valence-corrected chi connectivity index (χ4v) is 1.31. The third kappa shape index (κ3) is 1.86. The molecule has 1 heterocycles. The number of carboxylic acids is 1. The molecular weight excluding hydrogens is 196 g/mol. The molecule has 1 rings (SSSR count). The van der Waals surface area contributed by atoms with E-state index < -0.39 is 36.7 Å². The average molecular weight is 208 g/mol. The fourth-order valence-electron chi connectivity index (χ4n) is 1.31. The van der Waals surface area contributed by atoms with Crippen LogP contribution in [-0.4, -0.2) is 58.3 Å². The van der Waals surface area contributed by atoms with Gasteiger partial charge in [-0.25, -0.2) is 0 Å². The molecule has 4 N–H and O–H groups in total. The van der Waals surface area contributed by atoms with E-state index in [0.29, 0.717) is 0 Å². The molecule has 1 aliphatic heterocycles. The van der Waals surface area contributed by atoms with Crippen molar-refractivity contribution in [2.75, 3.05) is 7.11 Å². The second-order valence-electron chi connectivity index (χ2n) is 2.98. The molecule has 0 spiro atoms. The minimum absolute atomic E-state index is 1.20. The van der Waals surface area contributed by atoms with E-state index in [9.17, 15) is 20.1 Å². The van der Waals surface area contributed by atoms with Gasteiger partial charge in [0.05, 0.1) is 0 Å². The van der Waals surface area contributed by atoms with E-state index in [0.717, 1.165) is 0 Å². The lowest BCUT2D eigenvalue weighted by atomic mass is 9.94. The molecule has 1 saturated heterocycles. The standard InChI is InChI=1S/C7H12O7/c1-13-7-4(9)3(8)2(5(10)11)6(12)14-7/h2-4,6-9,12H,1H3,(H,10,11). The zero-order valence-corrected chi connectivity index (χ0v) is 7.40. The highest BCUT2D eigenvalue weighted by atomic mass is 16.7. The van der Waals surface area contributed by atoms with Gasteiger partial charge in [-0.05, 0) is 0 Å². The molecule has 5 unspecified atom stereocenters. The Kier molecular flexibility index (Phi) is 3.40. The van der Waals surface area contributed by atoms with Crippen LogP contribution in [0.25, 0.3) is 0 Å². The lowest BCUT2D eigenvalue weighted by Crippen LogP contribution is -2.57. The summed E-state index contributed by atoms with van der Waals surface area (Å²) in [7, 11) is 1.20. The highest BCUT2D eigenvalue weighted by Crippen LogP contribution is 2.25. The number of aliphatic hydroxyl groups excluding tert-OH is 3. The number of hydrogen-bond donors (Lipinski definition) is 4. The van der Waals surface area contributed by atoms with Crippen LogP contribution in [0.15, 0.2) is 0 Å². The van der Waals surface area contributed by atoms with E-state index in [-0.39, 0.29) is 0 Å². The fraction of sp³-hybridized carbons (Fsp3) is 0.857. The van der Waals surface area contributed by atoms with Gasteiger partial charge in [-0.3, -0.25) is 4.79 Å². The molecule has 7 nitrogen and oxygen atoms in total. The maximum Gasteiger partial charge on any atom is 0.314 e. The average Bonchev–Trinajstić information content (AvgIpc) is 2.10. The predicted molar refractivity (Wildman–Crippen MR) is 41.0 cm³/mol. The van der Waals surface area contributed by atoms with E-state index in [1.807, 2.05) is 0 Å². The van der Waals surface area contributed by atoms with Crippen molar-refractivity contribution in [1.82, 2.24) is 0 Å². The summed E-state index contributed by atoms with van der Waals surface area (Å²) in [6.45, 7) is 0. The Bertz CT molecular complexity index is 218. The Hall–Kier alpha value is -0.730. The molecule has 82 valence electrons. The van der Waals surface area contributed by atoms with Gasteiger partial charge in [-0.1, -0.05) is 0 Å². The first-order chi connectivity index (χ1) is 6.49. The summed E-state index contributed by atoms with van der Waals surface area (Å²) in [5.41, 5.74) is 0. The topological polar surface area (TPSA) is 116 Å². The van der Waals surface area contributed by atoms with Crippen LogP contribution in [0.2, 0.25) is 0 Å². The maximum absolute atomic E-state index is 10.6. The van der Waals surface area contributed by atoms with Crippen molar-refractivity contribution < 1.29 is 34.7 Å². The van der Waals surface area contributed by atoms with Crippen LogP contribution >= 0.6 is 0 Å². The Balaban J connectivity index is 2.79. The number of rotatable bonds is 2. The molecule has 0 radical (unpaired) electrons. The molecule has 1 fully saturated rings. The normalized spacial score (nSPS) is 43.6. The highest BCUT2D eigenvalue weighted by molar-refractivity contribution is 5.71. The maximum atomic E-state index is 10.6. The van der Waals surface area contributed by atoms with E-state index in [1.165, 1.54) is 7.11 Å². The zero-order chi connectivity index (χ0) is 10.9. The summed E-state index contributed by atoms with van der Waals surface area (Å²) in [4.78, 5) is 10.6. The van der Waals surface area contributed by atoms with Gasteiger partial charge in [-0.2, -0.15) is 0 Å². The Labute approximate surface area is 79.5 Å². The minimum Gasteiger partial charge on any atom is -0.481 e. The molecule has 14 heavy (non-hydrogen) atoms. The molecule has 5 atom stereocenters. The van der Waals surface area contributed by atoms with Crippen LogP contribution in [0.5, 0.6) is 0 Å². The zero-order valence-electron chi connectivity index (χ0n) is 7.40. The minimum atomic E-state index is -1.70. The highest BCUT2D eigenvalue weighted by Gasteiger charge is 2.47. The summed E-state index contributed by atoms with van der Waals surface area (Å²) in [6, 6.07) is 0. The second-order valence-corrected chi connectivity index (χ2v) is 2.98. The first-order valence-corrected chi connectivity index (χ1v) is 3.94. The molecule has 0 aromatic heterocycles. The van der Waals surface area contributed by atoms with Gasteiger partial charge in [0.25, 0.3) is 0 Å². The molecule has 7 heteroatoms. The third-order valence-electron chi connectivity index (χ3n) is 2.09. The van der Waals surface area contributed by atoms with Gasteiger partial charge in [0, 0.05) is 7.11 Å². The van der Waals surface area contributed by atoms with Crippen molar-refractivity contribution in [2.45, 2.75) is 24.8 Å². The van der Waals surface area contributed by atoms with Gasteiger partial charge in [0.15, 0.2) is 12.6 Å². The van der Waals surface area contributed by atoms with Crippen molar-refractivity contribution in [3.05, 3.63) is 0 Å². The van der Waals surface area contributed by atoms with Crippen molar-refractivity contribution in [2.24, 2.45) is 5.92 Å². The van der Waals surface area contributed by atoms with Crippen LogP contribution < -0.4 is 0 Å². The van der Waals surface area contributed by atoms with Crippen molar-refractivity contribution in [1.29, 1.82) is 0 Å². The molecule has 0 bridgehead atoms. The Morgan fingerprint density at radius 3 is 2.29 bits per heavy atom. The first kappa shape index (κ1) is 11.3. The molecule has 0 aromatic carbocycles. The number of ether oxygens (including phenoxy) is 2. The monoisotopic (exact) mass is 208 g/mol. The van der Waals surface area contributed by atoms with Crippen molar-refractivity contribution in [3.63, 3.8) is 0 Å². The van der Waals surface area contributed by atoms with Crippen LogP contribution in [0.1, 0.15) is 0 Å². The number of carboxylic acid groups (broad SMARTS) is 1. The van der Waals surface area contributed by atoms with E-state index in [2.05, 4.69) is 9.47 Å². The SMILES string of the molecule is COC1OC(O)C(C(=O)O)C(O)C1O. The molecule has 1 aliphatic rings. The summed E-state index contributed by atoms with van der Waals surface area (Å²) < 4.78 is 9.22. The van der Waals surface area contributed by atoms with Gasteiger partial charge in [-0.15, -0.1) is 0 Å². The van der Waals surface area contributed by atoms with E-state index >= 15 is 0 Å². The van der Waals surface area contributed by atoms with E-state index in [4.69, 9.17) is 5.11 Å². The molecule has 0 aromatic rings. The number of hydrogen-bond acceptors (Lipinski definition) is 6. The van der Waals surface area contributed by atoms with Crippen molar-refractivity contribution in [3.8, 4) is 0 Å². The number of aliphatic carboxylic acids is 1. The summed E-state index contributed by atoms with van der Waals surface area (Å²) in [5.74, 6) is -3.02. The Morgan fingerprint density at radius 2 is 1.86 bits per heavy atom. The number of methoxy groups -OCH3 is 1. The van der Waals surface area contributed by atoms with Crippen LogP contribution in [0.3, 0.4) is 0 Å². The predicted octanol–water partition coefficient (Wildman–Crippen LogP) is -2.27. The lowest BCUT2D eigenvalue weighted by Gasteiger charge is -2.37. The van der Waals surface area contributed by atoms with Gasteiger partial charge >= 0.3 is 5.97 Å². The Morgan fingerprint density at radius 1 is 1.29 bits per heavy atom. The summed E-state index contributed by atoms with van der Waals surface area (Å²) in [6.07, 6.45) is -6.04. The van der Waals surface area contributed by atoms with Gasteiger partial charge in [0.2, 0.25) is 0 Å². The number of carbonyl (C=O) groups is 1. The molecule has 0 saturated carbocycles.